The molecule has 0 N–H and O–H groups in total. The number of carbonyl (C=O) groups is 2. The molecule has 0 saturated heterocycles. The molecule has 7 nitrogen and oxygen atoms in total. The number of benzene rings is 2. The number of rotatable bonds is 5. The number of hydrogen-bond donors (Lipinski definition) is 0. The van der Waals surface area contributed by atoms with Gasteiger partial charge >= 0.3 is 5.97 Å². The first kappa shape index (κ1) is 21.3. The fourth-order valence-electron chi connectivity index (χ4n) is 3.25. The molecule has 9 heteroatoms. The molecule has 0 bridgehead atoms. The molecule has 0 fully saturated rings. The fraction of sp³-hybridized carbons (Fsp3) is 0.300. The zero-order valence-electron chi connectivity index (χ0n) is 16.3. The van der Waals surface area contributed by atoms with E-state index < -0.39 is 22.6 Å². The first-order chi connectivity index (χ1) is 13.6. The van der Waals surface area contributed by atoms with E-state index in [1.165, 1.54) is 26.2 Å². The number of amides is 1. The highest BCUT2D eigenvalue weighted by Gasteiger charge is 2.31. The van der Waals surface area contributed by atoms with E-state index in [0.717, 1.165) is 28.0 Å². The normalized spacial score (nSPS) is 16.0. The second-order valence-corrected chi connectivity index (χ2v) is 9.51. The van der Waals surface area contributed by atoms with Gasteiger partial charge in [0.15, 0.2) is 6.61 Å². The number of nitrogens with zero attached hydrogens (tertiary/aromatic N) is 2. The van der Waals surface area contributed by atoms with Crippen molar-refractivity contribution in [3.8, 4) is 0 Å². The lowest BCUT2D eigenvalue weighted by atomic mass is 10.1. The highest BCUT2D eigenvalue weighted by atomic mass is 35.5. The van der Waals surface area contributed by atoms with Gasteiger partial charge in [-0.15, -0.1) is 0 Å². The molecule has 0 unspecified atom stereocenters. The van der Waals surface area contributed by atoms with Gasteiger partial charge in [-0.25, -0.2) is 17.5 Å². The number of fused-ring (bicyclic) bond motifs is 1. The second-order valence-electron chi connectivity index (χ2n) is 6.95. The molecule has 1 aliphatic rings. The molecule has 2 aromatic rings. The molecule has 0 spiro atoms. The summed E-state index contributed by atoms with van der Waals surface area (Å²) in [6.45, 7) is 1.45. The van der Waals surface area contributed by atoms with Crippen LogP contribution in [0.4, 0.5) is 5.69 Å². The van der Waals surface area contributed by atoms with Crippen LogP contribution in [0.1, 0.15) is 22.8 Å². The molecule has 0 radical (unpaired) electrons. The van der Waals surface area contributed by atoms with E-state index in [4.69, 9.17) is 16.3 Å². The van der Waals surface area contributed by atoms with Gasteiger partial charge < -0.3 is 9.64 Å². The maximum absolute atomic E-state index is 12.7. The van der Waals surface area contributed by atoms with Crippen molar-refractivity contribution in [3.05, 3.63) is 58.6 Å². The zero-order valence-corrected chi connectivity index (χ0v) is 17.8. The van der Waals surface area contributed by atoms with E-state index in [2.05, 4.69) is 0 Å². The van der Waals surface area contributed by atoms with Gasteiger partial charge in [-0.2, -0.15) is 0 Å². The van der Waals surface area contributed by atoms with E-state index in [-0.39, 0.29) is 27.4 Å². The Bertz CT molecular complexity index is 1070. The van der Waals surface area contributed by atoms with Gasteiger partial charge in [-0.3, -0.25) is 4.79 Å². The number of sulfonamides is 1. The molecule has 0 aromatic heterocycles. The first-order valence-electron chi connectivity index (χ1n) is 8.92. The average Bonchev–Trinajstić information content (AvgIpc) is 3.01. The average molecular weight is 437 g/mol. The molecule has 1 aliphatic heterocycles. The zero-order chi connectivity index (χ0) is 21.3. The maximum atomic E-state index is 12.7. The third-order valence-electron chi connectivity index (χ3n) is 4.74. The van der Waals surface area contributed by atoms with Crippen LogP contribution in [-0.4, -0.2) is 51.3 Å². The Morgan fingerprint density at radius 1 is 1.21 bits per heavy atom. The van der Waals surface area contributed by atoms with Gasteiger partial charge in [0.2, 0.25) is 10.0 Å². The molecule has 3 rings (SSSR count). The molecule has 29 heavy (non-hydrogen) atoms. The number of anilines is 1. The summed E-state index contributed by atoms with van der Waals surface area (Å²) in [7, 11) is -0.974. The van der Waals surface area contributed by atoms with Gasteiger partial charge in [-0.1, -0.05) is 29.8 Å². The van der Waals surface area contributed by atoms with Crippen molar-refractivity contribution in [2.24, 2.45) is 0 Å². The lowest BCUT2D eigenvalue weighted by molar-refractivity contribution is -0.122. The van der Waals surface area contributed by atoms with Crippen LogP contribution < -0.4 is 4.90 Å². The Morgan fingerprint density at radius 3 is 2.59 bits per heavy atom. The number of halogens is 1. The van der Waals surface area contributed by atoms with Crippen LogP contribution in [0, 0.1) is 0 Å². The Kier molecular flexibility index (Phi) is 5.97. The quantitative estimate of drug-likeness (QED) is 0.673. The van der Waals surface area contributed by atoms with Crippen LogP contribution >= 0.6 is 11.6 Å². The van der Waals surface area contributed by atoms with Crippen LogP contribution in [0.5, 0.6) is 0 Å². The molecular weight excluding hydrogens is 416 g/mol. The highest BCUT2D eigenvalue weighted by Crippen LogP contribution is 2.32. The van der Waals surface area contributed by atoms with E-state index in [1.54, 1.807) is 4.90 Å². The van der Waals surface area contributed by atoms with Crippen LogP contribution in [0.2, 0.25) is 5.02 Å². The first-order valence-corrected chi connectivity index (χ1v) is 10.7. The Balaban J connectivity index is 1.76. The predicted molar refractivity (Wildman–Crippen MR) is 110 cm³/mol. The van der Waals surface area contributed by atoms with Crippen molar-refractivity contribution in [2.75, 3.05) is 25.6 Å². The standard InChI is InChI=1S/C20H21ClN2O5S/c1-13-10-14-6-4-5-7-18(14)23(13)19(24)12-28-20(25)16-11-15(8-9-17(16)21)29(26,27)22(2)3/h4-9,11,13H,10,12H2,1-3H3/t13-/m0/s1. The lowest BCUT2D eigenvalue weighted by Gasteiger charge is -2.22. The Labute approximate surface area is 174 Å². The molecular formula is C20H21ClN2O5S. The minimum atomic E-state index is -3.74. The summed E-state index contributed by atoms with van der Waals surface area (Å²) < 4.78 is 30.7. The number of para-hydroxylation sites is 1. The Hall–Kier alpha value is -2.42. The second kappa shape index (κ2) is 8.14. The molecule has 2 aromatic carbocycles. The predicted octanol–water partition coefficient (Wildman–Crippen LogP) is 2.72. The van der Waals surface area contributed by atoms with E-state index in [9.17, 15) is 18.0 Å². The summed E-state index contributed by atoms with van der Waals surface area (Å²) in [5.41, 5.74) is 1.75. The third kappa shape index (κ3) is 4.14. The topological polar surface area (TPSA) is 84.0 Å². The van der Waals surface area contributed by atoms with Crippen molar-refractivity contribution in [2.45, 2.75) is 24.3 Å². The monoisotopic (exact) mass is 436 g/mol. The van der Waals surface area contributed by atoms with E-state index >= 15 is 0 Å². The number of hydrogen-bond acceptors (Lipinski definition) is 5. The fourth-order valence-corrected chi connectivity index (χ4v) is 4.38. The van der Waals surface area contributed by atoms with Gasteiger partial charge in [0, 0.05) is 25.8 Å². The lowest BCUT2D eigenvalue weighted by Crippen LogP contribution is -2.38. The van der Waals surface area contributed by atoms with Crippen molar-refractivity contribution in [1.82, 2.24) is 4.31 Å². The molecule has 1 heterocycles. The van der Waals surface area contributed by atoms with Crippen molar-refractivity contribution >= 4 is 39.2 Å². The van der Waals surface area contributed by atoms with Crippen molar-refractivity contribution in [1.29, 1.82) is 0 Å². The number of esters is 1. The smallest absolute Gasteiger partial charge is 0.340 e. The van der Waals surface area contributed by atoms with Crippen LogP contribution in [0.25, 0.3) is 0 Å². The molecule has 154 valence electrons. The highest BCUT2D eigenvalue weighted by molar-refractivity contribution is 7.89. The SMILES string of the molecule is C[C@H]1Cc2ccccc2N1C(=O)COC(=O)c1cc(S(=O)(=O)N(C)C)ccc1Cl. The van der Waals surface area contributed by atoms with Crippen molar-refractivity contribution < 1.29 is 22.7 Å². The molecule has 0 aliphatic carbocycles. The summed E-state index contributed by atoms with van der Waals surface area (Å²) >= 11 is 6.05. The van der Waals surface area contributed by atoms with Gasteiger partial charge in [0.05, 0.1) is 15.5 Å². The summed E-state index contributed by atoms with van der Waals surface area (Å²) in [5.74, 6) is -1.22. The maximum Gasteiger partial charge on any atom is 0.340 e. The van der Waals surface area contributed by atoms with Gasteiger partial charge in [0.25, 0.3) is 5.91 Å². The van der Waals surface area contributed by atoms with Crippen LogP contribution in [0.15, 0.2) is 47.4 Å². The third-order valence-corrected chi connectivity index (χ3v) is 6.88. The van der Waals surface area contributed by atoms with Crippen LogP contribution in [0.3, 0.4) is 0 Å². The summed E-state index contributed by atoms with van der Waals surface area (Å²) in [6.07, 6.45) is 0.728. The minimum Gasteiger partial charge on any atom is -0.452 e. The molecule has 0 saturated carbocycles. The summed E-state index contributed by atoms with van der Waals surface area (Å²) in [4.78, 5) is 26.7. The molecule has 1 atom stereocenters. The van der Waals surface area contributed by atoms with Crippen LogP contribution in [-0.2, 0) is 26.0 Å². The largest absolute Gasteiger partial charge is 0.452 e. The number of ether oxygens (including phenoxy) is 1. The summed E-state index contributed by atoms with van der Waals surface area (Å²) in [5, 5.41) is 0.0417. The van der Waals surface area contributed by atoms with Gasteiger partial charge in [0.1, 0.15) is 0 Å². The Morgan fingerprint density at radius 2 is 1.90 bits per heavy atom. The minimum absolute atomic E-state index is 0.0417. The van der Waals surface area contributed by atoms with E-state index in [1.807, 2.05) is 31.2 Å². The van der Waals surface area contributed by atoms with E-state index in [0.29, 0.717) is 0 Å². The van der Waals surface area contributed by atoms with Gasteiger partial charge in [-0.05, 0) is 43.2 Å². The molecule has 1 amide bonds. The summed E-state index contributed by atoms with van der Waals surface area (Å²) in [6, 6.07) is 11.3. The number of carbonyl (C=O) groups excluding carboxylic acids is 2. The van der Waals surface area contributed by atoms with Crippen molar-refractivity contribution in [3.63, 3.8) is 0 Å².